The number of anilines is 1. The smallest absolute Gasteiger partial charge is 0.225 e. The highest BCUT2D eigenvalue weighted by Gasteiger charge is 2.20. The summed E-state index contributed by atoms with van der Waals surface area (Å²) in [5, 5.41) is 13.3. The van der Waals surface area contributed by atoms with Gasteiger partial charge in [0, 0.05) is 23.3 Å². The molecule has 198 valence electrons. The van der Waals surface area contributed by atoms with Gasteiger partial charge in [-0.05, 0) is 35.9 Å². The maximum Gasteiger partial charge on any atom is 0.225 e. The summed E-state index contributed by atoms with van der Waals surface area (Å²) in [5.41, 5.74) is 3.32. The molecule has 1 amide bonds. The fourth-order valence-electron chi connectivity index (χ4n) is 3.97. The standard InChI is InChI=1S/C30H26FN3O4S/c1-36-26-15-20(16-27(37-2)29(26)38-3)21-17-25(19-9-5-4-6-10-19)34-30(22(21)18-32)39-14-13-28(35)33-24-12-8-7-11-23(24)31/h4-12,15-17H,13-14H2,1-3H3,(H,33,35). The first-order valence-electron chi connectivity index (χ1n) is 12.0. The Morgan fingerprint density at radius 1 is 0.949 bits per heavy atom. The number of carbonyl (C=O) groups is 1. The summed E-state index contributed by atoms with van der Waals surface area (Å²) in [4.78, 5) is 17.2. The number of halogens is 1. The summed E-state index contributed by atoms with van der Waals surface area (Å²) in [7, 11) is 4.58. The third-order valence-electron chi connectivity index (χ3n) is 5.86. The first-order valence-corrected chi connectivity index (χ1v) is 13.0. The lowest BCUT2D eigenvalue weighted by molar-refractivity contribution is -0.115. The van der Waals surface area contributed by atoms with Crippen molar-refractivity contribution in [1.29, 1.82) is 5.26 Å². The number of nitrogens with one attached hydrogen (secondary N) is 1. The first-order chi connectivity index (χ1) is 19.0. The van der Waals surface area contributed by atoms with Crippen molar-refractivity contribution in [3.63, 3.8) is 0 Å². The molecule has 0 radical (unpaired) electrons. The van der Waals surface area contributed by atoms with Gasteiger partial charge in [0.2, 0.25) is 11.7 Å². The van der Waals surface area contributed by atoms with Crippen LogP contribution in [-0.2, 0) is 4.79 Å². The predicted molar refractivity (Wildman–Crippen MR) is 150 cm³/mol. The third-order valence-corrected chi connectivity index (χ3v) is 6.84. The molecule has 0 bridgehead atoms. The maximum absolute atomic E-state index is 13.9. The van der Waals surface area contributed by atoms with Crippen LogP contribution < -0.4 is 19.5 Å². The van der Waals surface area contributed by atoms with E-state index < -0.39 is 5.82 Å². The second-order valence-corrected chi connectivity index (χ2v) is 9.34. The molecule has 3 aromatic carbocycles. The maximum atomic E-state index is 13.9. The number of hydrogen-bond acceptors (Lipinski definition) is 7. The number of pyridine rings is 1. The van der Waals surface area contributed by atoms with Crippen LogP contribution in [0.25, 0.3) is 22.4 Å². The van der Waals surface area contributed by atoms with Gasteiger partial charge in [-0.3, -0.25) is 4.79 Å². The average molecular weight is 544 g/mol. The summed E-state index contributed by atoms with van der Waals surface area (Å²) in [6.07, 6.45) is 0.0978. The molecule has 0 fully saturated rings. The van der Waals surface area contributed by atoms with Crippen molar-refractivity contribution in [3.8, 4) is 45.7 Å². The summed E-state index contributed by atoms with van der Waals surface area (Å²) >= 11 is 1.28. The highest BCUT2D eigenvalue weighted by molar-refractivity contribution is 7.99. The van der Waals surface area contributed by atoms with Crippen LogP contribution in [0, 0.1) is 17.1 Å². The van der Waals surface area contributed by atoms with Gasteiger partial charge in [0.15, 0.2) is 11.5 Å². The SMILES string of the molecule is COc1cc(-c2cc(-c3ccccc3)nc(SCCC(=O)Nc3ccccc3F)c2C#N)cc(OC)c1OC. The van der Waals surface area contributed by atoms with Crippen molar-refractivity contribution in [2.24, 2.45) is 0 Å². The van der Waals surface area contributed by atoms with Gasteiger partial charge in [-0.15, -0.1) is 11.8 Å². The van der Waals surface area contributed by atoms with Gasteiger partial charge in [-0.25, -0.2) is 9.37 Å². The van der Waals surface area contributed by atoms with E-state index in [1.165, 1.54) is 45.2 Å². The molecule has 9 heteroatoms. The topological polar surface area (TPSA) is 93.5 Å². The highest BCUT2D eigenvalue weighted by atomic mass is 32.2. The molecule has 0 spiro atoms. The van der Waals surface area contributed by atoms with E-state index in [1.807, 2.05) is 36.4 Å². The zero-order valence-electron chi connectivity index (χ0n) is 21.7. The molecule has 1 heterocycles. The Bertz CT molecular complexity index is 1500. The van der Waals surface area contributed by atoms with Crippen LogP contribution in [0.5, 0.6) is 17.2 Å². The Morgan fingerprint density at radius 3 is 2.23 bits per heavy atom. The molecule has 0 unspecified atom stereocenters. The molecule has 1 aromatic heterocycles. The third kappa shape index (κ3) is 6.30. The molecule has 39 heavy (non-hydrogen) atoms. The van der Waals surface area contributed by atoms with Crippen LogP contribution >= 0.6 is 11.8 Å². The lowest BCUT2D eigenvalue weighted by Crippen LogP contribution is -2.13. The van der Waals surface area contributed by atoms with E-state index in [1.54, 1.807) is 24.3 Å². The second kappa shape index (κ2) is 12.8. The first kappa shape index (κ1) is 27.5. The van der Waals surface area contributed by atoms with Crippen LogP contribution in [0.4, 0.5) is 10.1 Å². The van der Waals surface area contributed by atoms with Crippen molar-refractivity contribution in [2.45, 2.75) is 11.4 Å². The Morgan fingerprint density at radius 2 is 1.62 bits per heavy atom. The van der Waals surface area contributed by atoms with Gasteiger partial charge >= 0.3 is 0 Å². The van der Waals surface area contributed by atoms with Crippen molar-refractivity contribution < 1.29 is 23.4 Å². The molecule has 7 nitrogen and oxygen atoms in total. The number of ether oxygens (including phenoxy) is 3. The molecule has 4 aromatic rings. The summed E-state index contributed by atoms with van der Waals surface area (Å²) in [5.74, 6) is 0.831. The van der Waals surface area contributed by atoms with E-state index >= 15 is 0 Å². The quantitative estimate of drug-likeness (QED) is 0.226. The van der Waals surface area contributed by atoms with E-state index in [-0.39, 0.29) is 18.0 Å². The number of thioether (sulfide) groups is 1. The van der Waals surface area contributed by atoms with Gasteiger partial charge in [0.1, 0.15) is 16.9 Å². The largest absolute Gasteiger partial charge is 0.493 e. The van der Waals surface area contributed by atoms with Crippen LogP contribution in [-0.4, -0.2) is 38.0 Å². The van der Waals surface area contributed by atoms with Gasteiger partial charge in [-0.1, -0.05) is 42.5 Å². The molecule has 1 N–H and O–H groups in total. The minimum Gasteiger partial charge on any atom is -0.493 e. The number of rotatable bonds is 10. The van der Waals surface area contributed by atoms with Crippen molar-refractivity contribution >= 4 is 23.4 Å². The number of amides is 1. The molecule has 0 saturated carbocycles. The van der Waals surface area contributed by atoms with Crippen molar-refractivity contribution in [3.05, 3.63) is 84.2 Å². The van der Waals surface area contributed by atoms with Gasteiger partial charge in [0.25, 0.3) is 0 Å². The van der Waals surface area contributed by atoms with Gasteiger partial charge in [0.05, 0.1) is 38.3 Å². The Balaban J connectivity index is 1.71. The molecular formula is C30H26FN3O4S. The van der Waals surface area contributed by atoms with Gasteiger partial charge in [-0.2, -0.15) is 5.26 Å². The number of aromatic nitrogens is 1. The Kier molecular flexibility index (Phi) is 9.02. The Labute approximate surface area is 230 Å². The normalized spacial score (nSPS) is 10.4. The molecule has 0 aliphatic rings. The number of methoxy groups -OCH3 is 3. The van der Waals surface area contributed by atoms with E-state index in [4.69, 9.17) is 19.2 Å². The lowest BCUT2D eigenvalue weighted by atomic mass is 9.98. The van der Waals surface area contributed by atoms with Crippen molar-refractivity contribution in [2.75, 3.05) is 32.4 Å². The number of nitrogens with zero attached hydrogens (tertiary/aromatic N) is 2. The zero-order chi connectivity index (χ0) is 27.8. The number of benzene rings is 3. The summed E-state index contributed by atoms with van der Waals surface area (Å²) in [6, 6.07) is 23.3. The monoisotopic (exact) mass is 543 g/mol. The highest BCUT2D eigenvalue weighted by Crippen LogP contribution is 2.43. The number of para-hydroxylation sites is 1. The molecule has 0 aliphatic carbocycles. The lowest BCUT2D eigenvalue weighted by Gasteiger charge is -2.16. The summed E-state index contributed by atoms with van der Waals surface area (Å²) < 4.78 is 30.4. The number of carbonyl (C=O) groups excluding carboxylic acids is 1. The minimum atomic E-state index is -0.502. The van der Waals surface area contributed by atoms with E-state index in [2.05, 4.69) is 11.4 Å². The van der Waals surface area contributed by atoms with Crippen molar-refractivity contribution in [1.82, 2.24) is 4.98 Å². The number of hydrogen-bond donors (Lipinski definition) is 1. The van der Waals surface area contributed by atoms with Crippen LogP contribution in [0.2, 0.25) is 0 Å². The second-order valence-electron chi connectivity index (χ2n) is 8.25. The summed E-state index contributed by atoms with van der Waals surface area (Å²) in [6.45, 7) is 0. The molecule has 0 atom stereocenters. The molecular weight excluding hydrogens is 517 g/mol. The van der Waals surface area contributed by atoms with Crippen LogP contribution in [0.1, 0.15) is 12.0 Å². The van der Waals surface area contributed by atoms with E-state index in [0.717, 1.165) is 5.56 Å². The van der Waals surface area contributed by atoms with E-state index in [9.17, 15) is 14.4 Å². The zero-order valence-corrected chi connectivity index (χ0v) is 22.5. The van der Waals surface area contributed by atoms with Crippen LogP contribution in [0.15, 0.2) is 77.8 Å². The fourth-order valence-corrected chi connectivity index (χ4v) is 4.91. The van der Waals surface area contributed by atoms with E-state index in [0.29, 0.717) is 50.4 Å². The predicted octanol–water partition coefficient (Wildman–Crippen LogP) is 6.57. The molecule has 4 rings (SSSR count). The average Bonchev–Trinajstić information content (AvgIpc) is 2.97. The number of nitriles is 1. The molecule has 0 saturated heterocycles. The molecule has 0 aliphatic heterocycles. The van der Waals surface area contributed by atoms with Crippen LogP contribution in [0.3, 0.4) is 0 Å². The fraction of sp³-hybridized carbons (Fsp3) is 0.167. The Hall–Kier alpha value is -4.55. The van der Waals surface area contributed by atoms with Gasteiger partial charge < -0.3 is 19.5 Å². The minimum absolute atomic E-state index is 0.0978.